The Hall–Kier alpha value is -1.46. The van der Waals surface area contributed by atoms with E-state index in [1.165, 1.54) is 0 Å². The van der Waals surface area contributed by atoms with Crippen LogP contribution in [0.2, 0.25) is 0 Å². The van der Waals surface area contributed by atoms with Gasteiger partial charge in [0.2, 0.25) is 0 Å². The van der Waals surface area contributed by atoms with Crippen LogP contribution in [0.15, 0.2) is 24.3 Å². The van der Waals surface area contributed by atoms with Gasteiger partial charge >= 0.3 is 0 Å². The number of nitrogens with zero attached hydrogens (tertiary/aromatic N) is 1. The standard InChI is InChI=1S/C13H19N3OS/c1-16(2)8-7-15-13(17)11-6-4-3-5-10(11)9-12(14)18/h3-6H,7-9H2,1-2H3,(H2,14,18)(H,15,17). The van der Waals surface area contributed by atoms with Gasteiger partial charge in [0.15, 0.2) is 0 Å². The summed E-state index contributed by atoms with van der Waals surface area (Å²) in [6.07, 6.45) is 0.451. The number of amides is 1. The molecule has 0 heterocycles. The highest BCUT2D eigenvalue weighted by Gasteiger charge is 2.10. The van der Waals surface area contributed by atoms with Gasteiger partial charge < -0.3 is 16.0 Å². The van der Waals surface area contributed by atoms with Crippen LogP contribution in [0.3, 0.4) is 0 Å². The molecule has 1 rings (SSSR count). The van der Waals surface area contributed by atoms with Gasteiger partial charge in [-0.3, -0.25) is 4.79 Å². The first-order valence-electron chi connectivity index (χ1n) is 5.80. The van der Waals surface area contributed by atoms with E-state index in [2.05, 4.69) is 5.32 Å². The maximum Gasteiger partial charge on any atom is 0.251 e. The highest BCUT2D eigenvalue weighted by Crippen LogP contribution is 2.09. The van der Waals surface area contributed by atoms with Crippen molar-refractivity contribution in [1.29, 1.82) is 0 Å². The van der Waals surface area contributed by atoms with Crippen molar-refractivity contribution in [1.82, 2.24) is 10.2 Å². The van der Waals surface area contributed by atoms with Crippen molar-refractivity contribution in [3.05, 3.63) is 35.4 Å². The first kappa shape index (κ1) is 14.6. The number of hydrogen-bond donors (Lipinski definition) is 2. The lowest BCUT2D eigenvalue weighted by Crippen LogP contribution is -2.32. The van der Waals surface area contributed by atoms with Crippen LogP contribution in [-0.4, -0.2) is 43.0 Å². The number of likely N-dealkylation sites (N-methyl/N-ethyl adjacent to an activating group) is 1. The van der Waals surface area contributed by atoms with Gasteiger partial charge in [-0.2, -0.15) is 0 Å². The average molecular weight is 265 g/mol. The summed E-state index contributed by atoms with van der Waals surface area (Å²) in [4.78, 5) is 14.4. The van der Waals surface area contributed by atoms with Crippen molar-refractivity contribution in [2.24, 2.45) is 5.73 Å². The Morgan fingerprint density at radius 1 is 1.39 bits per heavy atom. The van der Waals surface area contributed by atoms with E-state index >= 15 is 0 Å². The fourth-order valence-electron chi connectivity index (χ4n) is 1.57. The van der Waals surface area contributed by atoms with Gasteiger partial charge in [0.25, 0.3) is 5.91 Å². The van der Waals surface area contributed by atoms with Gasteiger partial charge in [-0.15, -0.1) is 0 Å². The molecule has 0 aliphatic carbocycles. The molecule has 0 saturated heterocycles. The molecule has 0 aliphatic heterocycles. The van der Waals surface area contributed by atoms with E-state index in [1.54, 1.807) is 6.07 Å². The third-order valence-electron chi connectivity index (χ3n) is 2.47. The van der Waals surface area contributed by atoms with Crippen LogP contribution in [-0.2, 0) is 6.42 Å². The summed E-state index contributed by atoms with van der Waals surface area (Å²) < 4.78 is 0. The molecule has 0 aromatic heterocycles. The zero-order valence-electron chi connectivity index (χ0n) is 10.8. The van der Waals surface area contributed by atoms with E-state index in [-0.39, 0.29) is 5.91 Å². The average Bonchev–Trinajstić information content (AvgIpc) is 2.28. The quantitative estimate of drug-likeness (QED) is 0.747. The van der Waals surface area contributed by atoms with E-state index in [1.807, 2.05) is 37.2 Å². The molecule has 0 fully saturated rings. The van der Waals surface area contributed by atoms with Crippen LogP contribution < -0.4 is 11.1 Å². The number of rotatable bonds is 6. The summed E-state index contributed by atoms with van der Waals surface area (Å²) in [6.45, 7) is 1.43. The third kappa shape index (κ3) is 4.81. The van der Waals surface area contributed by atoms with Crippen molar-refractivity contribution < 1.29 is 4.79 Å². The Morgan fingerprint density at radius 2 is 2.06 bits per heavy atom. The van der Waals surface area contributed by atoms with Gasteiger partial charge in [0.1, 0.15) is 0 Å². The molecule has 0 atom stereocenters. The molecule has 1 amide bonds. The first-order chi connectivity index (χ1) is 8.50. The van der Waals surface area contributed by atoms with Crippen LogP contribution in [0.1, 0.15) is 15.9 Å². The van der Waals surface area contributed by atoms with Gasteiger partial charge in [0, 0.05) is 25.1 Å². The molecule has 0 saturated carbocycles. The SMILES string of the molecule is CN(C)CCNC(=O)c1ccccc1CC(N)=S. The molecule has 18 heavy (non-hydrogen) atoms. The van der Waals surface area contributed by atoms with Crippen LogP contribution in [0, 0.1) is 0 Å². The fraction of sp³-hybridized carbons (Fsp3) is 0.385. The minimum absolute atomic E-state index is 0.0799. The summed E-state index contributed by atoms with van der Waals surface area (Å²) in [6, 6.07) is 7.38. The summed E-state index contributed by atoms with van der Waals surface area (Å²) in [5.74, 6) is -0.0799. The smallest absolute Gasteiger partial charge is 0.251 e. The molecule has 5 heteroatoms. The van der Waals surface area contributed by atoms with E-state index in [0.717, 1.165) is 12.1 Å². The molecule has 4 nitrogen and oxygen atoms in total. The van der Waals surface area contributed by atoms with E-state index in [0.29, 0.717) is 23.5 Å². The molecule has 0 aliphatic rings. The van der Waals surface area contributed by atoms with Gasteiger partial charge in [-0.1, -0.05) is 30.4 Å². The summed E-state index contributed by atoms with van der Waals surface area (Å²) in [5.41, 5.74) is 7.04. The lowest BCUT2D eigenvalue weighted by atomic mass is 10.0. The molecule has 0 bridgehead atoms. The normalized spacial score (nSPS) is 10.4. The van der Waals surface area contributed by atoms with Crippen LogP contribution in [0.4, 0.5) is 0 Å². The predicted molar refractivity (Wildman–Crippen MR) is 77.8 cm³/mol. The molecular weight excluding hydrogens is 246 g/mol. The molecule has 0 unspecified atom stereocenters. The van der Waals surface area contributed by atoms with Crippen molar-refractivity contribution in [3.63, 3.8) is 0 Å². The number of carbonyl (C=O) groups excluding carboxylic acids is 1. The Kier molecular flexibility index (Phi) is 5.74. The monoisotopic (exact) mass is 265 g/mol. The topological polar surface area (TPSA) is 58.4 Å². The van der Waals surface area contributed by atoms with Crippen LogP contribution >= 0.6 is 12.2 Å². The van der Waals surface area contributed by atoms with Crippen molar-refractivity contribution in [2.45, 2.75) is 6.42 Å². The van der Waals surface area contributed by atoms with Gasteiger partial charge in [0.05, 0.1) is 4.99 Å². The minimum Gasteiger partial charge on any atom is -0.393 e. The lowest BCUT2D eigenvalue weighted by molar-refractivity contribution is 0.0950. The van der Waals surface area contributed by atoms with Crippen molar-refractivity contribution in [3.8, 4) is 0 Å². The van der Waals surface area contributed by atoms with Crippen LogP contribution in [0.5, 0.6) is 0 Å². The number of hydrogen-bond acceptors (Lipinski definition) is 3. The molecular formula is C13H19N3OS. The van der Waals surface area contributed by atoms with Crippen molar-refractivity contribution in [2.75, 3.05) is 27.2 Å². The number of carbonyl (C=O) groups is 1. The highest BCUT2D eigenvalue weighted by molar-refractivity contribution is 7.80. The Morgan fingerprint density at radius 3 is 2.67 bits per heavy atom. The second-order valence-corrected chi connectivity index (χ2v) is 4.88. The Bertz CT molecular complexity index is 432. The molecule has 98 valence electrons. The second-order valence-electron chi connectivity index (χ2n) is 4.36. The Labute approximate surface area is 113 Å². The minimum atomic E-state index is -0.0799. The first-order valence-corrected chi connectivity index (χ1v) is 6.20. The zero-order valence-corrected chi connectivity index (χ0v) is 11.6. The van der Waals surface area contributed by atoms with E-state index < -0.39 is 0 Å². The van der Waals surface area contributed by atoms with E-state index in [4.69, 9.17) is 18.0 Å². The number of nitrogens with two attached hydrogens (primary N) is 1. The number of benzene rings is 1. The molecule has 0 radical (unpaired) electrons. The number of nitrogens with one attached hydrogen (secondary N) is 1. The van der Waals surface area contributed by atoms with Gasteiger partial charge in [-0.25, -0.2) is 0 Å². The maximum absolute atomic E-state index is 12.0. The largest absolute Gasteiger partial charge is 0.393 e. The molecule has 3 N–H and O–H groups in total. The Balaban J connectivity index is 2.69. The van der Waals surface area contributed by atoms with E-state index in [9.17, 15) is 4.79 Å². The highest BCUT2D eigenvalue weighted by atomic mass is 32.1. The number of thiocarbonyl (C=S) groups is 1. The van der Waals surface area contributed by atoms with Crippen LogP contribution in [0.25, 0.3) is 0 Å². The van der Waals surface area contributed by atoms with Crippen molar-refractivity contribution >= 4 is 23.1 Å². The molecule has 1 aromatic carbocycles. The molecule has 1 aromatic rings. The van der Waals surface area contributed by atoms with Gasteiger partial charge in [-0.05, 0) is 25.7 Å². The summed E-state index contributed by atoms with van der Waals surface area (Å²) in [7, 11) is 3.93. The zero-order chi connectivity index (χ0) is 13.5. The lowest BCUT2D eigenvalue weighted by Gasteiger charge is -2.12. The maximum atomic E-state index is 12.0. The predicted octanol–water partition coefficient (Wildman–Crippen LogP) is 0.807. The fourth-order valence-corrected chi connectivity index (χ4v) is 1.73. The summed E-state index contributed by atoms with van der Waals surface area (Å²) >= 11 is 4.88. The summed E-state index contributed by atoms with van der Waals surface area (Å²) in [5, 5.41) is 2.88. The second kappa shape index (κ2) is 7.08. The molecule has 0 spiro atoms. The third-order valence-corrected chi connectivity index (χ3v) is 2.62.